The van der Waals surface area contributed by atoms with Gasteiger partial charge in [-0.3, -0.25) is 9.59 Å². The minimum absolute atomic E-state index is 0.222. The van der Waals surface area contributed by atoms with Crippen LogP contribution in [0.4, 0.5) is 5.69 Å². The Kier molecular flexibility index (Phi) is 4.18. The van der Waals surface area contributed by atoms with E-state index in [9.17, 15) is 9.59 Å². The minimum atomic E-state index is -1.09. The van der Waals surface area contributed by atoms with Crippen molar-refractivity contribution in [3.05, 3.63) is 28.2 Å². The molecule has 0 radical (unpaired) electrons. The van der Waals surface area contributed by atoms with Gasteiger partial charge < -0.3 is 10.6 Å². The average Bonchev–Trinajstić information content (AvgIpc) is 3.16. The van der Waals surface area contributed by atoms with Crippen molar-refractivity contribution < 1.29 is 9.59 Å². The maximum Gasteiger partial charge on any atom is 0.239 e. The van der Waals surface area contributed by atoms with Crippen LogP contribution in [0.5, 0.6) is 0 Å². The second kappa shape index (κ2) is 5.56. The number of anilines is 1. The second-order valence-corrected chi connectivity index (χ2v) is 6.66. The van der Waals surface area contributed by atoms with Gasteiger partial charge in [0.15, 0.2) is 0 Å². The Hall–Kier alpha value is -1.36. The first-order valence-electron chi connectivity index (χ1n) is 6.69. The molecule has 0 saturated heterocycles. The summed E-state index contributed by atoms with van der Waals surface area (Å²) in [6.45, 7) is 5.26. The number of aryl methyl sites for hydroxylation is 1. The van der Waals surface area contributed by atoms with Gasteiger partial charge in [-0.05, 0) is 67.2 Å². The van der Waals surface area contributed by atoms with E-state index in [0.717, 1.165) is 22.9 Å². The molecule has 0 heterocycles. The van der Waals surface area contributed by atoms with E-state index in [1.807, 2.05) is 25.1 Å². The van der Waals surface area contributed by atoms with Gasteiger partial charge in [-0.15, -0.1) is 0 Å². The lowest BCUT2D eigenvalue weighted by atomic mass is 9.91. The molecule has 20 heavy (non-hydrogen) atoms. The van der Waals surface area contributed by atoms with Gasteiger partial charge in [-0.2, -0.15) is 0 Å². The van der Waals surface area contributed by atoms with E-state index in [0.29, 0.717) is 5.69 Å². The largest absolute Gasteiger partial charge is 0.352 e. The number of hydrogen-bond donors (Lipinski definition) is 2. The lowest BCUT2D eigenvalue weighted by molar-refractivity contribution is -0.138. The number of carbonyl (C=O) groups excluding carboxylic acids is 2. The molecule has 108 valence electrons. The molecule has 2 rings (SSSR count). The topological polar surface area (TPSA) is 58.2 Å². The summed E-state index contributed by atoms with van der Waals surface area (Å²) < 4.78 is 0.809. The number of hydrogen-bond acceptors (Lipinski definition) is 2. The number of halogens is 1. The fourth-order valence-corrected chi connectivity index (χ4v) is 2.29. The molecule has 1 fully saturated rings. The quantitative estimate of drug-likeness (QED) is 0.829. The van der Waals surface area contributed by atoms with Crippen LogP contribution < -0.4 is 10.6 Å². The summed E-state index contributed by atoms with van der Waals surface area (Å²) in [6, 6.07) is 5.91. The highest BCUT2D eigenvalue weighted by Gasteiger charge is 2.38. The molecule has 1 saturated carbocycles. The normalized spacial score (nSPS) is 14.8. The molecule has 1 aliphatic carbocycles. The lowest BCUT2D eigenvalue weighted by Gasteiger charge is -2.23. The first kappa shape index (κ1) is 15.0. The average molecular weight is 339 g/mol. The van der Waals surface area contributed by atoms with Gasteiger partial charge in [0.2, 0.25) is 11.8 Å². The number of amides is 2. The predicted molar refractivity (Wildman–Crippen MR) is 82.5 cm³/mol. The molecule has 2 amide bonds. The van der Waals surface area contributed by atoms with E-state index in [1.165, 1.54) is 0 Å². The van der Waals surface area contributed by atoms with Crippen LogP contribution in [0.25, 0.3) is 0 Å². The Morgan fingerprint density at radius 1 is 1.25 bits per heavy atom. The molecule has 0 spiro atoms. The van der Waals surface area contributed by atoms with Crippen LogP contribution >= 0.6 is 15.9 Å². The molecule has 0 aliphatic heterocycles. The Labute approximate surface area is 127 Å². The zero-order valence-electron chi connectivity index (χ0n) is 11.9. The molecule has 1 aromatic rings. The van der Waals surface area contributed by atoms with E-state index in [-0.39, 0.29) is 17.9 Å². The summed E-state index contributed by atoms with van der Waals surface area (Å²) >= 11 is 3.41. The van der Waals surface area contributed by atoms with Crippen LogP contribution in [0.1, 0.15) is 32.3 Å². The van der Waals surface area contributed by atoms with Crippen LogP contribution in [-0.4, -0.2) is 17.9 Å². The van der Waals surface area contributed by atoms with Crippen LogP contribution in [0, 0.1) is 12.3 Å². The lowest BCUT2D eigenvalue weighted by Crippen LogP contribution is -2.45. The molecule has 0 unspecified atom stereocenters. The SMILES string of the molecule is Cc1ccc(NC(=O)C(C)(C)C(=O)NC2CC2)c(Br)c1. The van der Waals surface area contributed by atoms with Gasteiger partial charge in [0.05, 0.1) is 5.69 Å². The summed E-state index contributed by atoms with van der Waals surface area (Å²) in [4.78, 5) is 24.4. The molecule has 1 aromatic carbocycles. The van der Waals surface area contributed by atoms with E-state index < -0.39 is 5.41 Å². The molecular weight excluding hydrogens is 320 g/mol. The smallest absolute Gasteiger partial charge is 0.239 e. The van der Waals surface area contributed by atoms with Gasteiger partial charge in [-0.25, -0.2) is 0 Å². The van der Waals surface area contributed by atoms with Gasteiger partial charge in [0, 0.05) is 10.5 Å². The first-order chi connectivity index (χ1) is 9.30. The fourth-order valence-electron chi connectivity index (χ4n) is 1.70. The third-order valence-electron chi connectivity index (χ3n) is 3.42. The Morgan fingerprint density at radius 2 is 1.90 bits per heavy atom. The summed E-state index contributed by atoms with van der Waals surface area (Å²) in [7, 11) is 0. The second-order valence-electron chi connectivity index (χ2n) is 5.81. The van der Waals surface area contributed by atoms with Crippen LogP contribution in [0.3, 0.4) is 0 Å². The standard InChI is InChI=1S/C15H19BrN2O2/c1-9-4-7-12(11(16)8-9)18-14(20)15(2,3)13(19)17-10-5-6-10/h4,7-8,10H,5-6H2,1-3H3,(H,17,19)(H,18,20). The van der Waals surface area contributed by atoms with Crippen molar-refractivity contribution in [2.75, 3.05) is 5.32 Å². The highest BCUT2D eigenvalue weighted by Crippen LogP contribution is 2.27. The maximum atomic E-state index is 12.3. The zero-order valence-corrected chi connectivity index (χ0v) is 13.5. The summed E-state index contributed by atoms with van der Waals surface area (Å²) in [5, 5.41) is 5.68. The van der Waals surface area contributed by atoms with Gasteiger partial charge in [0.1, 0.15) is 5.41 Å². The molecule has 4 nitrogen and oxygen atoms in total. The summed E-state index contributed by atoms with van der Waals surface area (Å²) in [5.41, 5.74) is 0.681. The molecule has 2 N–H and O–H groups in total. The highest BCUT2D eigenvalue weighted by molar-refractivity contribution is 9.10. The monoisotopic (exact) mass is 338 g/mol. The Balaban J connectivity index is 2.07. The third-order valence-corrected chi connectivity index (χ3v) is 4.08. The Morgan fingerprint density at radius 3 is 2.45 bits per heavy atom. The van der Waals surface area contributed by atoms with Crippen LogP contribution in [-0.2, 0) is 9.59 Å². The first-order valence-corrected chi connectivity index (χ1v) is 7.48. The number of nitrogens with one attached hydrogen (secondary N) is 2. The van der Waals surface area contributed by atoms with Crippen molar-refractivity contribution in [1.82, 2.24) is 5.32 Å². The number of carbonyl (C=O) groups is 2. The molecular formula is C15H19BrN2O2. The third kappa shape index (κ3) is 3.39. The fraction of sp³-hybridized carbons (Fsp3) is 0.467. The number of rotatable bonds is 4. The maximum absolute atomic E-state index is 12.3. The van der Waals surface area contributed by atoms with Crippen LogP contribution in [0.2, 0.25) is 0 Å². The predicted octanol–water partition coefficient (Wildman–Crippen LogP) is 3.00. The molecule has 1 aliphatic rings. The van der Waals surface area contributed by atoms with Crippen molar-refractivity contribution in [3.63, 3.8) is 0 Å². The molecule has 0 bridgehead atoms. The summed E-state index contributed by atoms with van der Waals surface area (Å²) in [5.74, 6) is -0.527. The molecule has 0 atom stereocenters. The number of benzene rings is 1. The van der Waals surface area contributed by atoms with E-state index in [4.69, 9.17) is 0 Å². The van der Waals surface area contributed by atoms with E-state index in [1.54, 1.807) is 13.8 Å². The van der Waals surface area contributed by atoms with Crippen molar-refractivity contribution >= 4 is 33.4 Å². The molecule has 5 heteroatoms. The van der Waals surface area contributed by atoms with Crippen LogP contribution in [0.15, 0.2) is 22.7 Å². The van der Waals surface area contributed by atoms with Crippen molar-refractivity contribution in [2.24, 2.45) is 5.41 Å². The summed E-state index contributed by atoms with van der Waals surface area (Å²) in [6.07, 6.45) is 2.01. The highest BCUT2D eigenvalue weighted by atomic mass is 79.9. The minimum Gasteiger partial charge on any atom is -0.352 e. The van der Waals surface area contributed by atoms with Crippen molar-refractivity contribution in [3.8, 4) is 0 Å². The van der Waals surface area contributed by atoms with Crippen molar-refractivity contribution in [2.45, 2.75) is 39.7 Å². The zero-order chi connectivity index (χ0) is 14.9. The van der Waals surface area contributed by atoms with Gasteiger partial charge in [0.25, 0.3) is 0 Å². The van der Waals surface area contributed by atoms with Crippen molar-refractivity contribution in [1.29, 1.82) is 0 Å². The van der Waals surface area contributed by atoms with E-state index in [2.05, 4.69) is 26.6 Å². The van der Waals surface area contributed by atoms with E-state index >= 15 is 0 Å². The van der Waals surface area contributed by atoms with Gasteiger partial charge in [-0.1, -0.05) is 6.07 Å². The van der Waals surface area contributed by atoms with Gasteiger partial charge >= 0.3 is 0 Å². The molecule has 0 aromatic heterocycles. The Bertz CT molecular complexity index is 551.